The van der Waals surface area contributed by atoms with E-state index in [4.69, 9.17) is 4.74 Å². The average Bonchev–Trinajstić information content (AvgIpc) is 2.36. The van der Waals surface area contributed by atoms with Crippen molar-refractivity contribution in [3.63, 3.8) is 0 Å². The number of ether oxygens (including phenoxy) is 1. The Morgan fingerprint density at radius 1 is 1.10 bits per heavy atom. The van der Waals surface area contributed by atoms with Gasteiger partial charge in [0.1, 0.15) is 23.5 Å². The molecule has 0 aliphatic heterocycles. The van der Waals surface area contributed by atoms with Crippen LogP contribution in [0.3, 0.4) is 0 Å². The van der Waals surface area contributed by atoms with Crippen LogP contribution >= 0.6 is 15.9 Å². The summed E-state index contributed by atoms with van der Waals surface area (Å²) in [6.45, 7) is 3.74. The molecule has 0 radical (unpaired) electrons. The van der Waals surface area contributed by atoms with E-state index in [1.165, 1.54) is 0 Å². The van der Waals surface area contributed by atoms with E-state index in [0.717, 1.165) is 12.1 Å². The molecule has 2 aromatic rings. The van der Waals surface area contributed by atoms with Crippen LogP contribution in [0, 0.1) is 11.6 Å². The molecule has 0 aliphatic carbocycles. The first-order chi connectivity index (χ1) is 9.88. The number of aliphatic hydroxyl groups excluding tert-OH is 1. The van der Waals surface area contributed by atoms with Crippen molar-refractivity contribution in [2.45, 2.75) is 26.1 Å². The van der Waals surface area contributed by atoms with Crippen LogP contribution < -0.4 is 4.74 Å². The van der Waals surface area contributed by atoms with Crippen molar-refractivity contribution in [3.8, 4) is 5.75 Å². The van der Waals surface area contributed by atoms with Gasteiger partial charge in [-0.05, 0) is 43.7 Å². The summed E-state index contributed by atoms with van der Waals surface area (Å²) in [6, 6.07) is 8.81. The standard InChI is InChI=1S/C16H15BrF2O2/c1-9(2)21-12-5-3-4-10(6-12)16(20)15-13(18)7-11(17)8-14(15)19/h3-9,16,20H,1-2H3. The molecule has 1 unspecified atom stereocenters. The number of rotatable bonds is 4. The number of benzene rings is 2. The summed E-state index contributed by atoms with van der Waals surface area (Å²) >= 11 is 3.01. The van der Waals surface area contributed by atoms with Gasteiger partial charge in [-0.2, -0.15) is 0 Å². The summed E-state index contributed by atoms with van der Waals surface area (Å²) in [4.78, 5) is 0. The fourth-order valence-electron chi connectivity index (χ4n) is 2.01. The molecule has 21 heavy (non-hydrogen) atoms. The molecule has 0 saturated heterocycles. The predicted octanol–water partition coefficient (Wildman–Crippen LogP) is 4.60. The second kappa shape index (κ2) is 6.54. The molecule has 0 amide bonds. The Kier molecular flexibility index (Phi) is 4.96. The molecule has 0 heterocycles. The van der Waals surface area contributed by atoms with E-state index in [2.05, 4.69) is 15.9 Å². The molecule has 1 atom stereocenters. The Bertz CT molecular complexity index is 621. The van der Waals surface area contributed by atoms with Crippen molar-refractivity contribution in [1.29, 1.82) is 0 Å². The molecule has 0 saturated carbocycles. The minimum absolute atomic E-state index is 0.0291. The Hall–Kier alpha value is -1.46. The van der Waals surface area contributed by atoms with Gasteiger partial charge in [0.25, 0.3) is 0 Å². The summed E-state index contributed by atoms with van der Waals surface area (Å²) in [5.41, 5.74) is -0.00632. The van der Waals surface area contributed by atoms with Crippen LogP contribution in [-0.4, -0.2) is 11.2 Å². The van der Waals surface area contributed by atoms with Crippen LogP contribution in [0.25, 0.3) is 0 Å². The van der Waals surface area contributed by atoms with Gasteiger partial charge in [0.15, 0.2) is 0 Å². The first-order valence-corrected chi connectivity index (χ1v) is 7.27. The van der Waals surface area contributed by atoms with Gasteiger partial charge in [0, 0.05) is 4.47 Å². The predicted molar refractivity (Wildman–Crippen MR) is 80.3 cm³/mol. The Balaban J connectivity index is 2.38. The van der Waals surface area contributed by atoms with Crippen LogP contribution in [0.15, 0.2) is 40.9 Å². The molecule has 0 aliphatic rings. The summed E-state index contributed by atoms with van der Waals surface area (Å²) in [5, 5.41) is 10.3. The molecule has 0 bridgehead atoms. The summed E-state index contributed by atoms with van der Waals surface area (Å²) in [7, 11) is 0. The van der Waals surface area contributed by atoms with Crippen LogP contribution in [0.2, 0.25) is 0 Å². The Morgan fingerprint density at radius 3 is 2.29 bits per heavy atom. The highest BCUT2D eigenvalue weighted by atomic mass is 79.9. The van der Waals surface area contributed by atoms with Gasteiger partial charge in [0.05, 0.1) is 11.7 Å². The van der Waals surface area contributed by atoms with Crippen molar-refractivity contribution in [2.24, 2.45) is 0 Å². The minimum Gasteiger partial charge on any atom is -0.491 e. The molecule has 0 fully saturated rings. The van der Waals surface area contributed by atoms with E-state index < -0.39 is 17.7 Å². The minimum atomic E-state index is -1.39. The maximum absolute atomic E-state index is 13.9. The third-order valence-electron chi connectivity index (χ3n) is 2.86. The Labute approximate surface area is 130 Å². The SMILES string of the molecule is CC(C)Oc1cccc(C(O)c2c(F)cc(Br)cc2F)c1. The van der Waals surface area contributed by atoms with Gasteiger partial charge >= 0.3 is 0 Å². The first kappa shape index (κ1) is 15.9. The van der Waals surface area contributed by atoms with Crippen molar-refractivity contribution < 1.29 is 18.6 Å². The molecule has 112 valence electrons. The van der Waals surface area contributed by atoms with Gasteiger partial charge in [-0.25, -0.2) is 8.78 Å². The van der Waals surface area contributed by atoms with Crippen molar-refractivity contribution >= 4 is 15.9 Å². The van der Waals surface area contributed by atoms with Gasteiger partial charge in [-0.1, -0.05) is 28.1 Å². The molecule has 1 N–H and O–H groups in total. The monoisotopic (exact) mass is 356 g/mol. The third-order valence-corrected chi connectivity index (χ3v) is 3.32. The molecule has 0 spiro atoms. The highest BCUT2D eigenvalue weighted by Gasteiger charge is 2.21. The molecule has 2 nitrogen and oxygen atoms in total. The van der Waals surface area contributed by atoms with Crippen LogP contribution in [-0.2, 0) is 0 Å². The molecular formula is C16H15BrF2O2. The highest BCUT2D eigenvalue weighted by molar-refractivity contribution is 9.10. The van der Waals surface area contributed by atoms with E-state index in [0.29, 0.717) is 11.3 Å². The van der Waals surface area contributed by atoms with E-state index in [9.17, 15) is 13.9 Å². The third kappa shape index (κ3) is 3.80. The second-order valence-corrected chi connectivity index (χ2v) is 5.84. The lowest BCUT2D eigenvalue weighted by molar-refractivity contribution is 0.206. The van der Waals surface area contributed by atoms with E-state index in [1.54, 1.807) is 24.3 Å². The molecule has 0 aromatic heterocycles. The summed E-state index contributed by atoms with van der Waals surface area (Å²) < 4.78 is 33.6. The van der Waals surface area contributed by atoms with E-state index in [-0.39, 0.29) is 16.1 Å². The Morgan fingerprint density at radius 2 is 1.71 bits per heavy atom. The van der Waals surface area contributed by atoms with Gasteiger partial charge < -0.3 is 9.84 Å². The van der Waals surface area contributed by atoms with E-state index >= 15 is 0 Å². The topological polar surface area (TPSA) is 29.5 Å². The largest absolute Gasteiger partial charge is 0.491 e. The number of hydrogen-bond acceptors (Lipinski definition) is 2. The fraction of sp³-hybridized carbons (Fsp3) is 0.250. The maximum Gasteiger partial charge on any atom is 0.133 e. The van der Waals surface area contributed by atoms with E-state index in [1.807, 2.05) is 13.8 Å². The summed E-state index contributed by atoms with van der Waals surface area (Å²) in [5.74, 6) is -1.06. The van der Waals surface area contributed by atoms with Gasteiger partial charge in [-0.3, -0.25) is 0 Å². The summed E-state index contributed by atoms with van der Waals surface area (Å²) in [6.07, 6.45) is -1.42. The zero-order valence-electron chi connectivity index (χ0n) is 11.6. The smallest absolute Gasteiger partial charge is 0.133 e. The van der Waals surface area contributed by atoms with Crippen LogP contribution in [0.5, 0.6) is 5.75 Å². The lowest BCUT2D eigenvalue weighted by atomic mass is 10.0. The van der Waals surface area contributed by atoms with Crippen molar-refractivity contribution in [3.05, 3.63) is 63.6 Å². The molecule has 2 aromatic carbocycles. The lowest BCUT2D eigenvalue weighted by Crippen LogP contribution is -2.08. The molecule has 5 heteroatoms. The number of halogens is 3. The van der Waals surface area contributed by atoms with Crippen molar-refractivity contribution in [1.82, 2.24) is 0 Å². The fourth-order valence-corrected chi connectivity index (χ4v) is 2.41. The second-order valence-electron chi connectivity index (χ2n) is 4.92. The van der Waals surface area contributed by atoms with Crippen LogP contribution in [0.4, 0.5) is 8.78 Å². The highest BCUT2D eigenvalue weighted by Crippen LogP contribution is 2.30. The maximum atomic E-state index is 13.9. The quantitative estimate of drug-likeness (QED) is 0.867. The number of hydrogen-bond donors (Lipinski definition) is 1. The van der Waals surface area contributed by atoms with Gasteiger partial charge in [0.2, 0.25) is 0 Å². The van der Waals surface area contributed by atoms with Crippen LogP contribution in [0.1, 0.15) is 31.1 Å². The van der Waals surface area contributed by atoms with Crippen molar-refractivity contribution in [2.75, 3.05) is 0 Å². The van der Waals surface area contributed by atoms with Gasteiger partial charge in [-0.15, -0.1) is 0 Å². The first-order valence-electron chi connectivity index (χ1n) is 6.47. The normalized spacial score (nSPS) is 12.5. The zero-order valence-corrected chi connectivity index (χ0v) is 13.2. The number of aliphatic hydroxyl groups is 1. The molecule has 2 rings (SSSR count). The average molecular weight is 357 g/mol. The lowest BCUT2D eigenvalue weighted by Gasteiger charge is -2.16. The zero-order chi connectivity index (χ0) is 15.6. The molecular weight excluding hydrogens is 342 g/mol.